The molecule has 0 radical (unpaired) electrons. The number of hydrogen-bond donors (Lipinski definition) is 0. The average molecular weight is 370 g/mol. The topological polar surface area (TPSA) is 38.8 Å². The highest BCUT2D eigenvalue weighted by Crippen LogP contribution is 2.43. The van der Waals surface area contributed by atoms with Crippen molar-refractivity contribution in [1.82, 2.24) is 4.90 Å². The Labute approximate surface area is 158 Å². The van der Waals surface area contributed by atoms with Crippen LogP contribution in [0.5, 0.6) is 11.5 Å². The minimum absolute atomic E-state index is 0.0471. The highest BCUT2D eigenvalue weighted by atomic mass is 35.5. The van der Waals surface area contributed by atoms with E-state index in [2.05, 4.69) is 4.90 Å². The Morgan fingerprint density at radius 3 is 2.73 bits per heavy atom. The largest absolute Gasteiger partial charge is 0.477 e. The first-order chi connectivity index (χ1) is 12.5. The van der Waals surface area contributed by atoms with Gasteiger partial charge in [0.05, 0.1) is 5.56 Å². The average Bonchev–Trinajstić information content (AvgIpc) is 2.94. The molecular weight excluding hydrogens is 350 g/mol. The Hall–Kier alpha value is -2.30. The van der Waals surface area contributed by atoms with Gasteiger partial charge in [-0.15, -0.1) is 0 Å². The second-order valence-electron chi connectivity index (χ2n) is 6.98. The van der Waals surface area contributed by atoms with Crippen molar-refractivity contribution in [1.29, 1.82) is 0 Å². The van der Waals surface area contributed by atoms with Gasteiger partial charge in [0, 0.05) is 29.2 Å². The Morgan fingerprint density at radius 2 is 2.00 bits per heavy atom. The van der Waals surface area contributed by atoms with Crippen LogP contribution in [0.15, 0.2) is 41.7 Å². The fraction of sp³-hybridized carbons (Fsp3) is 0.286. The molecule has 0 aliphatic carbocycles. The van der Waals surface area contributed by atoms with Crippen LogP contribution < -0.4 is 9.47 Å². The lowest BCUT2D eigenvalue weighted by atomic mass is 9.99. The van der Waals surface area contributed by atoms with Gasteiger partial charge in [0.2, 0.25) is 5.78 Å². The van der Waals surface area contributed by atoms with Crippen LogP contribution in [0.25, 0.3) is 0 Å². The van der Waals surface area contributed by atoms with Crippen molar-refractivity contribution in [2.75, 3.05) is 6.73 Å². The van der Waals surface area contributed by atoms with Gasteiger partial charge in [-0.25, -0.2) is 0 Å². The van der Waals surface area contributed by atoms with E-state index < -0.39 is 0 Å². The molecule has 4 rings (SSSR count). The van der Waals surface area contributed by atoms with Crippen molar-refractivity contribution in [3.63, 3.8) is 0 Å². The zero-order valence-electron chi connectivity index (χ0n) is 15.1. The van der Waals surface area contributed by atoms with Gasteiger partial charge in [-0.2, -0.15) is 0 Å². The molecular formula is C21H20ClNO3. The van der Waals surface area contributed by atoms with Crippen molar-refractivity contribution >= 4 is 17.4 Å². The van der Waals surface area contributed by atoms with Gasteiger partial charge in [0.1, 0.15) is 18.2 Å². The number of ether oxygens (including phenoxy) is 2. The first-order valence-corrected chi connectivity index (χ1v) is 8.98. The molecule has 2 aliphatic heterocycles. The lowest BCUT2D eigenvalue weighted by Crippen LogP contribution is -2.32. The summed E-state index contributed by atoms with van der Waals surface area (Å²) >= 11 is 6.28. The van der Waals surface area contributed by atoms with E-state index in [0.29, 0.717) is 36.9 Å². The van der Waals surface area contributed by atoms with Crippen molar-refractivity contribution in [3.8, 4) is 11.5 Å². The van der Waals surface area contributed by atoms with Crippen molar-refractivity contribution in [2.24, 2.45) is 0 Å². The van der Waals surface area contributed by atoms with Crippen LogP contribution in [0, 0.1) is 6.92 Å². The van der Waals surface area contributed by atoms with Crippen molar-refractivity contribution < 1.29 is 14.3 Å². The third-order valence-corrected chi connectivity index (χ3v) is 5.15. The zero-order valence-corrected chi connectivity index (χ0v) is 15.8. The van der Waals surface area contributed by atoms with Crippen LogP contribution in [0.1, 0.15) is 40.9 Å². The second kappa shape index (κ2) is 6.45. The standard InChI is InChI=1S/C21H20ClNO3/c1-12(2)19-18(24)16-8-15-10-23(9-14-6-4-5-7-17(14)22)11-25-20(15)13(3)21(16)26-19/h4-8H,9-11H2,1-3H3. The second-order valence-corrected chi connectivity index (χ2v) is 7.39. The number of fused-ring (bicyclic) bond motifs is 2. The molecule has 0 bridgehead atoms. The minimum Gasteiger partial charge on any atom is -0.477 e. The zero-order chi connectivity index (χ0) is 18.4. The molecule has 4 nitrogen and oxygen atoms in total. The normalized spacial score (nSPS) is 16.0. The first kappa shape index (κ1) is 17.1. The molecule has 0 saturated carbocycles. The van der Waals surface area contributed by atoms with Crippen molar-refractivity contribution in [2.45, 2.75) is 33.9 Å². The van der Waals surface area contributed by atoms with Gasteiger partial charge in [0.25, 0.3) is 0 Å². The first-order valence-electron chi connectivity index (χ1n) is 8.60. The van der Waals surface area contributed by atoms with Gasteiger partial charge in [-0.3, -0.25) is 9.69 Å². The SMILES string of the molecule is CC(C)=C1Oc2c(cc3c(c2C)OCN(Cc2ccccc2Cl)C3)C1=O. The molecule has 26 heavy (non-hydrogen) atoms. The van der Waals surface area contributed by atoms with Crippen LogP contribution >= 0.6 is 11.6 Å². The van der Waals surface area contributed by atoms with E-state index >= 15 is 0 Å². The van der Waals surface area contributed by atoms with E-state index in [9.17, 15) is 4.79 Å². The number of carbonyl (C=O) groups excluding carboxylic acids is 1. The van der Waals surface area contributed by atoms with E-state index in [-0.39, 0.29) is 5.78 Å². The fourth-order valence-corrected chi connectivity index (χ4v) is 3.68. The number of rotatable bonds is 2. The van der Waals surface area contributed by atoms with Gasteiger partial charge in [0.15, 0.2) is 5.76 Å². The van der Waals surface area contributed by atoms with Crippen LogP contribution in [-0.2, 0) is 13.1 Å². The minimum atomic E-state index is -0.0471. The number of nitrogens with zero attached hydrogens (tertiary/aromatic N) is 1. The molecule has 0 aromatic heterocycles. The number of carbonyl (C=O) groups is 1. The van der Waals surface area contributed by atoms with E-state index in [1.807, 2.05) is 51.1 Å². The van der Waals surface area contributed by atoms with Crippen LogP contribution in [0.3, 0.4) is 0 Å². The summed E-state index contributed by atoms with van der Waals surface area (Å²) in [6.07, 6.45) is 0. The number of halogens is 1. The molecule has 5 heteroatoms. The Balaban J connectivity index is 1.65. The lowest BCUT2D eigenvalue weighted by molar-refractivity contribution is 0.0877. The van der Waals surface area contributed by atoms with Crippen LogP contribution in [0.4, 0.5) is 0 Å². The quantitative estimate of drug-likeness (QED) is 0.708. The Kier molecular flexibility index (Phi) is 4.25. The van der Waals surface area contributed by atoms with E-state index in [1.54, 1.807) is 0 Å². The summed E-state index contributed by atoms with van der Waals surface area (Å²) in [4.78, 5) is 14.8. The highest BCUT2D eigenvalue weighted by Gasteiger charge is 2.34. The summed E-state index contributed by atoms with van der Waals surface area (Å²) in [6, 6.07) is 9.73. The maximum atomic E-state index is 12.6. The van der Waals surface area contributed by atoms with E-state index in [0.717, 1.165) is 33.0 Å². The van der Waals surface area contributed by atoms with Gasteiger partial charge in [-0.05, 0) is 44.0 Å². The summed E-state index contributed by atoms with van der Waals surface area (Å²) in [5.74, 6) is 1.83. The third-order valence-electron chi connectivity index (χ3n) is 4.78. The van der Waals surface area contributed by atoms with E-state index in [1.165, 1.54) is 0 Å². The lowest BCUT2D eigenvalue weighted by Gasteiger charge is -2.30. The van der Waals surface area contributed by atoms with Gasteiger partial charge < -0.3 is 9.47 Å². The number of benzene rings is 2. The molecule has 0 N–H and O–H groups in total. The third kappa shape index (κ3) is 2.79. The number of allylic oxidation sites excluding steroid dienone is 2. The predicted molar refractivity (Wildman–Crippen MR) is 101 cm³/mol. The molecule has 0 unspecified atom stereocenters. The molecule has 0 fully saturated rings. The summed E-state index contributed by atoms with van der Waals surface area (Å²) in [6.45, 7) is 7.58. The van der Waals surface area contributed by atoms with Crippen LogP contribution in [-0.4, -0.2) is 17.4 Å². The summed E-state index contributed by atoms with van der Waals surface area (Å²) in [7, 11) is 0. The maximum absolute atomic E-state index is 12.6. The van der Waals surface area contributed by atoms with Gasteiger partial charge in [-0.1, -0.05) is 29.8 Å². The summed E-state index contributed by atoms with van der Waals surface area (Å²) in [5.41, 5.74) is 4.46. The molecule has 2 heterocycles. The molecule has 2 aromatic carbocycles. The van der Waals surface area contributed by atoms with E-state index in [4.69, 9.17) is 21.1 Å². The number of hydrogen-bond acceptors (Lipinski definition) is 4. The Bertz CT molecular complexity index is 945. The monoisotopic (exact) mass is 369 g/mol. The summed E-state index contributed by atoms with van der Waals surface area (Å²) in [5, 5.41) is 0.750. The molecule has 2 aromatic rings. The molecule has 0 atom stereocenters. The van der Waals surface area contributed by atoms with Crippen LogP contribution in [0.2, 0.25) is 5.02 Å². The molecule has 0 amide bonds. The molecule has 0 spiro atoms. The molecule has 134 valence electrons. The predicted octanol–water partition coefficient (Wildman–Crippen LogP) is 4.87. The van der Waals surface area contributed by atoms with Gasteiger partial charge >= 0.3 is 0 Å². The number of ketones is 1. The summed E-state index contributed by atoms with van der Waals surface area (Å²) < 4.78 is 11.8. The van der Waals surface area contributed by atoms with Crippen molar-refractivity contribution in [3.05, 3.63) is 68.9 Å². The smallest absolute Gasteiger partial charge is 0.231 e. The number of Topliss-reactive ketones (excluding diaryl/α,β-unsaturated/α-hetero) is 1. The molecule has 0 saturated heterocycles. The highest BCUT2D eigenvalue weighted by molar-refractivity contribution is 6.31. The maximum Gasteiger partial charge on any atom is 0.231 e. The Morgan fingerprint density at radius 1 is 1.23 bits per heavy atom. The molecule has 2 aliphatic rings. The fourth-order valence-electron chi connectivity index (χ4n) is 3.48.